The summed E-state index contributed by atoms with van der Waals surface area (Å²) in [4.78, 5) is 12.2. The van der Waals surface area contributed by atoms with Crippen LogP contribution in [0.2, 0.25) is 0 Å². The van der Waals surface area contributed by atoms with Gasteiger partial charge in [-0.05, 0) is 46.7 Å². The fourth-order valence-electron chi connectivity index (χ4n) is 3.38. The van der Waals surface area contributed by atoms with Crippen molar-refractivity contribution in [3.05, 3.63) is 34.3 Å². The molecule has 0 aliphatic heterocycles. The SMILES string of the molecule is CCCCCCCCCCCCCCCCNC(=S)NC(=O)c1ccccc1Br. The zero-order valence-corrected chi connectivity index (χ0v) is 20.5. The van der Waals surface area contributed by atoms with Crippen LogP contribution in [0.5, 0.6) is 0 Å². The summed E-state index contributed by atoms with van der Waals surface area (Å²) in [6, 6.07) is 7.34. The van der Waals surface area contributed by atoms with Gasteiger partial charge in [0.05, 0.1) is 5.56 Å². The van der Waals surface area contributed by atoms with Gasteiger partial charge in [-0.3, -0.25) is 10.1 Å². The molecule has 3 nitrogen and oxygen atoms in total. The van der Waals surface area contributed by atoms with Crippen molar-refractivity contribution in [3.8, 4) is 0 Å². The van der Waals surface area contributed by atoms with Crippen molar-refractivity contribution in [2.75, 3.05) is 6.54 Å². The molecule has 1 aromatic rings. The normalized spacial score (nSPS) is 10.7. The molecule has 5 heteroatoms. The number of hydrogen-bond acceptors (Lipinski definition) is 2. The standard InChI is InChI=1S/C24H39BrN2OS/c1-2-3-4-5-6-7-8-9-10-11-12-13-14-17-20-26-24(29)27-23(28)21-18-15-16-19-22(21)25/h15-16,18-19H,2-14,17,20H2,1H3,(H2,26,27,28,29). The Morgan fingerprint density at radius 1 is 0.828 bits per heavy atom. The number of benzene rings is 1. The average molecular weight is 484 g/mol. The summed E-state index contributed by atoms with van der Waals surface area (Å²) in [7, 11) is 0. The van der Waals surface area contributed by atoms with Gasteiger partial charge >= 0.3 is 0 Å². The molecule has 1 rings (SSSR count). The molecule has 29 heavy (non-hydrogen) atoms. The molecule has 0 aliphatic rings. The van der Waals surface area contributed by atoms with Gasteiger partial charge in [-0.2, -0.15) is 0 Å². The van der Waals surface area contributed by atoms with Gasteiger partial charge in [-0.1, -0.05) is 103 Å². The third-order valence-electron chi connectivity index (χ3n) is 5.16. The fourth-order valence-corrected chi connectivity index (χ4v) is 4.04. The molecule has 0 unspecified atom stereocenters. The van der Waals surface area contributed by atoms with Gasteiger partial charge in [0.2, 0.25) is 0 Å². The Morgan fingerprint density at radius 3 is 1.83 bits per heavy atom. The predicted octanol–water partition coefficient (Wildman–Crippen LogP) is 7.53. The lowest BCUT2D eigenvalue weighted by atomic mass is 10.0. The topological polar surface area (TPSA) is 41.1 Å². The molecule has 0 saturated carbocycles. The number of halogens is 1. The summed E-state index contributed by atoms with van der Waals surface area (Å²) in [5.41, 5.74) is 0.591. The third-order valence-corrected chi connectivity index (χ3v) is 6.10. The molecule has 0 aliphatic carbocycles. The molecule has 0 radical (unpaired) electrons. The molecule has 2 N–H and O–H groups in total. The van der Waals surface area contributed by atoms with E-state index in [0.717, 1.165) is 17.4 Å². The number of rotatable bonds is 16. The quantitative estimate of drug-likeness (QED) is 0.189. The highest BCUT2D eigenvalue weighted by Crippen LogP contribution is 2.15. The number of amides is 1. The number of carbonyl (C=O) groups is 1. The second-order valence-corrected chi connectivity index (χ2v) is 9.05. The van der Waals surface area contributed by atoms with Crippen molar-refractivity contribution in [2.24, 2.45) is 0 Å². The molecule has 0 spiro atoms. The predicted molar refractivity (Wildman–Crippen MR) is 133 cm³/mol. The molecule has 1 amide bonds. The minimum atomic E-state index is -0.184. The van der Waals surface area contributed by atoms with Crippen LogP contribution in [0.1, 0.15) is 107 Å². The Labute approximate surface area is 191 Å². The fraction of sp³-hybridized carbons (Fsp3) is 0.667. The third kappa shape index (κ3) is 13.8. The zero-order valence-electron chi connectivity index (χ0n) is 18.1. The lowest BCUT2D eigenvalue weighted by molar-refractivity contribution is 0.0976. The van der Waals surface area contributed by atoms with E-state index in [-0.39, 0.29) is 5.91 Å². The summed E-state index contributed by atoms with van der Waals surface area (Å²) in [6.07, 6.45) is 18.9. The van der Waals surface area contributed by atoms with Crippen molar-refractivity contribution in [2.45, 2.75) is 96.8 Å². The van der Waals surface area contributed by atoms with Crippen molar-refractivity contribution < 1.29 is 4.79 Å². The number of carbonyl (C=O) groups excluding carboxylic acids is 1. The van der Waals surface area contributed by atoms with Crippen molar-refractivity contribution in [3.63, 3.8) is 0 Å². The van der Waals surface area contributed by atoms with Crippen LogP contribution in [0, 0.1) is 0 Å². The van der Waals surface area contributed by atoms with Gasteiger partial charge in [0.1, 0.15) is 0 Å². The van der Waals surface area contributed by atoms with E-state index in [0.29, 0.717) is 10.7 Å². The lowest BCUT2D eigenvalue weighted by Gasteiger charge is -2.10. The molecule has 0 aromatic heterocycles. The van der Waals surface area contributed by atoms with Crippen molar-refractivity contribution in [1.82, 2.24) is 10.6 Å². The largest absolute Gasteiger partial charge is 0.362 e. The number of hydrogen-bond donors (Lipinski definition) is 2. The smallest absolute Gasteiger partial charge is 0.258 e. The highest BCUT2D eigenvalue weighted by Gasteiger charge is 2.10. The van der Waals surface area contributed by atoms with Crippen LogP contribution in [-0.4, -0.2) is 17.6 Å². The molecular weight excluding hydrogens is 444 g/mol. The Kier molecular flexibility index (Phi) is 16.1. The summed E-state index contributed by atoms with van der Waals surface area (Å²) in [5, 5.41) is 6.27. The first-order chi connectivity index (χ1) is 14.1. The Hall–Kier alpha value is -0.940. The summed E-state index contributed by atoms with van der Waals surface area (Å²) >= 11 is 8.60. The van der Waals surface area contributed by atoms with Crippen LogP contribution in [0.15, 0.2) is 28.7 Å². The lowest BCUT2D eigenvalue weighted by Crippen LogP contribution is -2.39. The van der Waals surface area contributed by atoms with E-state index in [9.17, 15) is 4.79 Å². The van der Waals surface area contributed by atoms with E-state index >= 15 is 0 Å². The van der Waals surface area contributed by atoms with E-state index in [2.05, 4.69) is 33.5 Å². The Balaban J connectivity index is 1.89. The summed E-state index contributed by atoms with van der Waals surface area (Å²) in [6.45, 7) is 3.09. The van der Waals surface area contributed by atoms with Crippen LogP contribution in [0.3, 0.4) is 0 Å². The molecule has 0 bridgehead atoms. The Morgan fingerprint density at radius 2 is 1.31 bits per heavy atom. The maximum absolute atomic E-state index is 12.2. The molecule has 1 aromatic carbocycles. The van der Waals surface area contributed by atoms with Crippen LogP contribution in [0.4, 0.5) is 0 Å². The highest BCUT2D eigenvalue weighted by atomic mass is 79.9. The van der Waals surface area contributed by atoms with Gasteiger partial charge in [0.25, 0.3) is 5.91 Å². The maximum atomic E-state index is 12.2. The average Bonchev–Trinajstić information content (AvgIpc) is 2.71. The first-order valence-electron chi connectivity index (χ1n) is 11.5. The van der Waals surface area contributed by atoms with Crippen molar-refractivity contribution in [1.29, 1.82) is 0 Å². The molecule has 0 fully saturated rings. The second kappa shape index (κ2) is 17.9. The second-order valence-electron chi connectivity index (χ2n) is 7.79. The zero-order chi connectivity index (χ0) is 21.2. The summed E-state index contributed by atoms with van der Waals surface area (Å²) < 4.78 is 0.771. The first-order valence-corrected chi connectivity index (χ1v) is 12.7. The van der Waals surface area contributed by atoms with E-state index < -0.39 is 0 Å². The number of thiocarbonyl (C=S) groups is 1. The monoisotopic (exact) mass is 482 g/mol. The number of nitrogens with one attached hydrogen (secondary N) is 2. The van der Waals surface area contributed by atoms with E-state index in [1.807, 2.05) is 18.2 Å². The van der Waals surface area contributed by atoms with Gasteiger partial charge in [-0.25, -0.2) is 0 Å². The van der Waals surface area contributed by atoms with Crippen LogP contribution in [0.25, 0.3) is 0 Å². The minimum absolute atomic E-state index is 0.184. The van der Waals surface area contributed by atoms with Crippen LogP contribution in [-0.2, 0) is 0 Å². The molecular formula is C24H39BrN2OS. The van der Waals surface area contributed by atoms with Gasteiger partial charge in [0, 0.05) is 11.0 Å². The minimum Gasteiger partial charge on any atom is -0.362 e. The summed E-state index contributed by atoms with van der Waals surface area (Å²) in [5.74, 6) is -0.184. The van der Waals surface area contributed by atoms with Gasteiger partial charge in [-0.15, -0.1) is 0 Å². The van der Waals surface area contributed by atoms with Gasteiger partial charge < -0.3 is 5.32 Å². The molecule has 0 heterocycles. The molecule has 0 atom stereocenters. The maximum Gasteiger partial charge on any atom is 0.258 e. The van der Waals surface area contributed by atoms with E-state index in [4.69, 9.17) is 12.2 Å². The van der Waals surface area contributed by atoms with Crippen LogP contribution < -0.4 is 10.6 Å². The molecule has 164 valence electrons. The Bertz CT molecular complexity index is 580. The van der Waals surface area contributed by atoms with E-state index in [1.165, 1.54) is 83.5 Å². The van der Waals surface area contributed by atoms with Crippen LogP contribution >= 0.6 is 28.1 Å². The first kappa shape index (κ1) is 26.1. The highest BCUT2D eigenvalue weighted by molar-refractivity contribution is 9.10. The molecule has 0 saturated heterocycles. The number of unbranched alkanes of at least 4 members (excludes halogenated alkanes) is 13. The van der Waals surface area contributed by atoms with E-state index in [1.54, 1.807) is 6.07 Å². The van der Waals surface area contributed by atoms with Gasteiger partial charge in [0.15, 0.2) is 5.11 Å². The van der Waals surface area contributed by atoms with Crippen molar-refractivity contribution >= 4 is 39.2 Å².